The number of hydrogen-bond acceptors (Lipinski definition) is 0. The Morgan fingerprint density at radius 3 is 3.50 bits per heavy atom. The molecule has 0 aromatic carbocycles. The maximum Gasteiger partial charge on any atom is 0.0273 e. The highest BCUT2D eigenvalue weighted by Crippen LogP contribution is 2.59. The van der Waals surface area contributed by atoms with E-state index in [1.54, 1.807) is 0 Å². The Hall–Kier alpha value is -0.260. The maximum atomic E-state index is 8.21. The molecule has 3 aliphatic carbocycles. The normalized spacial score (nSPS) is 63.3. The first kappa shape index (κ1) is 5.47. The standard InChI is InChI=1S/C12H18/c1-2-8-6-9-7-12(8)11-5-3-4-10(9)11/h3-4,8-12H,2,5-7H2,1H3/t8-,9-,10+,11+,12-/m0/s1/i1D,6D/t6-,8+,9+,10-,11-,12+/m1. The molecule has 0 unspecified atom stereocenters. The third-order valence-corrected chi connectivity index (χ3v) is 4.23. The second-order valence-corrected chi connectivity index (χ2v) is 4.61. The molecule has 0 amide bonds. The fourth-order valence-corrected chi connectivity index (χ4v) is 3.73. The molecule has 0 aromatic heterocycles. The first-order valence-electron chi connectivity index (χ1n) is 6.49. The fraction of sp³-hybridized carbons (Fsp3) is 0.833. The maximum absolute atomic E-state index is 8.21. The third-order valence-electron chi connectivity index (χ3n) is 4.23. The summed E-state index contributed by atoms with van der Waals surface area (Å²) in [6.07, 6.45) is 8.36. The highest BCUT2D eigenvalue weighted by Gasteiger charge is 2.51. The van der Waals surface area contributed by atoms with Crippen LogP contribution in [0.25, 0.3) is 0 Å². The Bertz CT molecular complexity index is 261. The topological polar surface area (TPSA) is 0 Å². The predicted octanol–water partition coefficient (Wildman–Crippen LogP) is 3.24. The zero-order chi connectivity index (χ0) is 9.71. The van der Waals surface area contributed by atoms with Crippen molar-refractivity contribution in [2.75, 3.05) is 0 Å². The van der Waals surface area contributed by atoms with Gasteiger partial charge in [0.25, 0.3) is 0 Å². The van der Waals surface area contributed by atoms with E-state index < -0.39 is 0 Å². The average molecular weight is 164 g/mol. The molecule has 0 aliphatic heterocycles. The van der Waals surface area contributed by atoms with Crippen molar-refractivity contribution in [1.29, 1.82) is 0 Å². The molecule has 0 saturated heterocycles. The van der Waals surface area contributed by atoms with Gasteiger partial charge in [0.2, 0.25) is 0 Å². The number of allylic oxidation sites excluding steroid dienone is 2. The summed E-state index contributed by atoms with van der Waals surface area (Å²) >= 11 is 0. The summed E-state index contributed by atoms with van der Waals surface area (Å²) in [4.78, 5) is 0. The van der Waals surface area contributed by atoms with Gasteiger partial charge in [-0.3, -0.25) is 0 Å². The molecule has 2 fully saturated rings. The molecule has 12 heavy (non-hydrogen) atoms. The van der Waals surface area contributed by atoms with Crippen molar-refractivity contribution in [3.8, 4) is 0 Å². The average Bonchev–Trinajstić information content (AvgIpc) is 2.78. The predicted molar refractivity (Wildman–Crippen MR) is 50.7 cm³/mol. The van der Waals surface area contributed by atoms with Crippen LogP contribution < -0.4 is 0 Å². The summed E-state index contributed by atoms with van der Waals surface area (Å²) in [7, 11) is 0. The molecule has 0 radical (unpaired) electrons. The monoisotopic (exact) mass is 164 g/mol. The van der Waals surface area contributed by atoms with Crippen LogP contribution in [-0.4, -0.2) is 0 Å². The van der Waals surface area contributed by atoms with Crippen LogP contribution in [0, 0.1) is 29.6 Å². The Balaban J connectivity index is 1.82. The number of rotatable bonds is 1. The Labute approximate surface area is 77.9 Å². The molecule has 0 spiro atoms. The summed E-state index contributed by atoms with van der Waals surface area (Å²) in [5.74, 6) is 3.58. The van der Waals surface area contributed by atoms with E-state index in [-0.39, 0.29) is 6.40 Å². The van der Waals surface area contributed by atoms with E-state index >= 15 is 0 Å². The van der Waals surface area contributed by atoms with Gasteiger partial charge in [-0.15, -0.1) is 0 Å². The van der Waals surface area contributed by atoms with Crippen LogP contribution in [0.2, 0.25) is 0 Å². The van der Waals surface area contributed by atoms with Crippen LogP contribution in [-0.2, 0) is 0 Å². The van der Waals surface area contributed by atoms with Gasteiger partial charge in [-0.05, 0) is 48.8 Å². The van der Waals surface area contributed by atoms with Gasteiger partial charge in [0, 0.05) is 2.74 Å². The minimum atomic E-state index is 0.148. The molecule has 66 valence electrons. The number of hydrogen-bond donors (Lipinski definition) is 0. The van der Waals surface area contributed by atoms with Crippen molar-refractivity contribution >= 4 is 0 Å². The molecular weight excluding hydrogens is 144 g/mol. The van der Waals surface area contributed by atoms with Gasteiger partial charge in [-0.25, -0.2) is 0 Å². The highest BCUT2D eigenvalue weighted by atomic mass is 14.6. The SMILES string of the molecule is [2H]CC[C@H]1[C@@H]([2H])[C@H]2C[C@@H]1[C@@H]1CC=C[C@H]21. The zero-order valence-electron chi connectivity index (χ0n) is 9.45. The molecule has 3 aliphatic rings. The van der Waals surface area contributed by atoms with Crippen molar-refractivity contribution < 1.29 is 2.74 Å². The summed E-state index contributed by atoms with van der Waals surface area (Å²) in [5.41, 5.74) is 0. The second kappa shape index (κ2) is 2.37. The smallest absolute Gasteiger partial charge is 0.0273 e. The molecule has 0 N–H and O–H groups in total. The van der Waals surface area contributed by atoms with Gasteiger partial charge in [-0.2, -0.15) is 0 Å². The Kier molecular flexibility index (Phi) is 1.08. The second-order valence-electron chi connectivity index (χ2n) is 4.61. The zero-order valence-corrected chi connectivity index (χ0v) is 7.45. The molecule has 0 aromatic rings. The van der Waals surface area contributed by atoms with Crippen LogP contribution in [0.1, 0.15) is 35.3 Å². The van der Waals surface area contributed by atoms with Gasteiger partial charge < -0.3 is 0 Å². The van der Waals surface area contributed by atoms with Crippen LogP contribution in [0.5, 0.6) is 0 Å². The Morgan fingerprint density at radius 2 is 2.58 bits per heavy atom. The molecule has 2 bridgehead atoms. The van der Waals surface area contributed by atoms with E-state index in [0.717, 1.165) is 24.2 Å². The number of fused-ring (bicyclic) bond motifs is 5. The molecule has 0 nitrogen and oxygen atoms in total. The quantitative estimate of drug-likeness (QED) is 0.522. The van der Waals surface area contributed by atoms with E-state index in [1.165, 1.54) is 12.8 Å². The van der Waals surface area contributed by atoms with Crippen molar-refractivity contribution in [2.45, 2.75) is 32.6 Å². The molecule has 2 saturated carbocycles. The molecule has 3 rings (SSSR count). The minimum Gasteiger partial charge on any atom is -0.0879 e. The molecule has 6 atom stereocenters. The lowest BCUT2D eigenvalue weighted by Crippen LogP contribution is -2.23. The van der Waals surface area contributed by atoms with Crippen molar-refractivity contribution in [2.24, 2.45) is 29.6 Å². The summed E-state index contributed by atoms with van der Waals surface area (Å²) in [5, 5.41) is 0. The van der Waals surface area contributed by atoms with E-state index in [4.69, 9.17) is 2.74 Å². The van der Waals surface area contributed by atoms with Crippen molar-refractivity contribution in [1.82, 2.24) is 0 Å². The molecular formula is C12H18. The third kappa shape index (κ3) is 0.739. The van der Waals surface area contributed by atoms with Gasteiger partial charge in [0.05, 0.1) is 0 Å². The highest BCUT2D eigenvalue weighted by molar-refractivity contribution is 5.13. The van der Waals surface area contributed by atoms with Crippen molar-refractivity contribution in [3.05, 3.63) is 12.2 Å². The van der Waals surface area contributed by atoms with E-state index in [1.807, 2.05) is 0 Å². The van der Waals surface area contributed by atoms with E-state index in [9.17, 15) is 0 Å². The lowest BCUT2D eigenvalue weighted by atomic mass is 9.74. The van der Waals surface area contributed by atoms with Crippen LogP contribution in [0.3, 0.4) is 0 Å². The largest absolute Gasteiger partial charge is 0.0879 e. The van der Waals surface area contributed by atoms with Crippen LogP contribution in [0.15, 0.2) is 12.2 Å². The lowest BCUT2D eigenvalue weighted by molar-refractivity contribution is 0.201. The van der Waals surface area contributed by atoms with E-state index in [0.29, 0.717) is 18.7 Å². The van der Waals surface area contributed by atoms with Gasteiger partial charge in [0.15, 0.2) is 0 Å². The van der Waals surface area contributed by atoms with Gasteiger partial charge in [0.1, 0.15) is 0 Å². The van der Waals surface area contributed by atoms with Gasteiger partial charge >= 0.3 is 0 Å². The van der Waals surface area contributed by atoms with Crippen LogP contribution >= 0.6 is 0 Å². The first-order chi connectivity index (χ1) is 6.83. The van der Waals surface area contributed by atoms with E-state index in [2.05, 4.69) is 12.2 Å². The fourth-order valence-electron chi connectivity index (χ4n) is 3.73. The van der Waals surface area contributed by atoms with Crippen molar-refractivity contribution in [3.63, 3.8) is 0 Å². The minimum absolute atomic E-state index is 0.148. The molecule has 0 heteroatoms. The summed E-state index contributed by atoms with van der Waals surface area (Å²) in [6, 6.07) is 0. The first-order valence-corrected chi connectivity index (χ1v) is 5.21. The Morgan fingerprint density at radius 1 is 1.58 bits per heavy atom. The van der Waals surface area contributed by atoms with Crippen LogP contribution in [0.4, 0.5) is 0 Å². The lowest BCUT2D eigenvalue weighted by Gasteiger charge is -2.30. The molecule has 0 heterocycles. The summed E-state index contributed by atoms with van der Waals surface area (Å²) in [6.45, 7) is 0.522. The summed E-state index contributed by atoms with van der Waals surface area (Å²) < 4.78 is 15.5. The van der Waals surface area contributed by atoms with Gasteiger partial charge in [-0.1, -0.05) is 25.5 Å².